The smallest absolute Gasteiger partial charge is 0.0841 e. The maximum absolute atomic E-state index is 10.3. The molecule has 0 aromatic heterocycles. The summed E-state index contributed by atoms with van der Waals surface area (Å²) >= 11 is 5.79. The molecule has 0 aliphatic carbocycles. The van der Waals surface area contributed by atoms with Crippen molar-refractivity contribution in [3.05, 3.63) is 67.2 Å². The molecule has 0 spiro atoms. The van der Waals surface area contributed by atoms with Crippen LogP contribution in [0.15, 0.2) is 46.9 Å². The largest absolute Gasteiger partial charge is 0.388 e. The second kappa shape index (κ2) is 6.17. The Morgan fingerprint density at radius 3 is 2.44 bits per heavy atom. The standard InChI is InChI=1S/C15H14BrIO/c1-10-2-7-13(14(16)8-10)15(18)9-11-3-5-12(17)6-4-11/h2-8,15,18H,9H2,1H3. The van der Waals surface area contributed by atoms with Crippen LogP contribution in [0.5, 0.6) is 0 Å². The second-order valence-corrected chi connectivity index (χ2v) is 6.47. The van der Waals surface area contributed by atoms with E-state index >= 15 is 0 Å². The summed E-state index contributed by atoms with van der Waals surface area (Å²) in [5, 5.41) is 10.3. The minimum absolute atomic E-state index is 0.472. The van der Waals surface area contributed by atoms with E-state index in [-0.39, 0.29) is 0 Å². The summed E-state index contributed by atoms with van der Waals surface area (Å²) < 4.78 is 2.18. The van der Waals surface area contributed by atoms with Crippen molar-refractivity contribution in [2.45, 2.75) is 19.4 Å². The van der Waals surface area contributed by atoms with Crippen molar-refractivity contribution in [2.75, 3.05) is 0 Å². The molecule has 0 fully saturated rings. The van der Waals surface area contributed by atoms with E-state index in [9.17, 15) is 5.11 Å². The van der Waals surface area contributed by atoms with Crippen molar-refractivity contribution >= 4 is 38.5 Å². The molecule has 0 radical (unpaired) electrons. The molecule has 0 saturated carbocycles. The summed E-state index contributed by atoms with van der Waals surface area (Å²) in [6.45, 7) is 2.04. The molecule has 0 aliphatic heterocycles. The van der Waals surface area contributed by atoms with E-state index < -0.39 is 6.10 Å². The predicted octanol–water partition coefficient (Wildman–Crippen LogP) is 4.64. The number of halogens is 2. The van der Waals surface area contributed by atoms with Crippen molar-refractivity contribution in [2.24, 2.45) is 0 Å². The van der Waals surface area contributed by atoms with E-state index in [1.807, 2.05) is 25.1 Å². The van der Waals surface area contributed by atoms with Crippen LogP contribution in [-0.4, -0.2) is 5.11 Å². The zero-order chi connectivity index (χ0) is 13.1. The van der Waals surface area contributed by atoms with Gasteiger partial charge in [-0.05, 0) is 64.4 Å². The molecule has 94 valence electrons. The van der Waals surface area contributed by atoms with Crippen LogP contribution in [0.25, 0.3) is 0 Å². The minimum Gasteiger partial charge on any atom is -0.388 e. The van der Waals surface area contributed by atoms with Crippen LogP contribution in [0.3, 0.4) is 0 Å². The Morgan fingerprint density at radius 2 is 1.83 bits per heavy atom. The molecule has 18 heavy (non-hydrogen) atoms. The lowest BCUT2D eigenvalue weighted by atomic mass is 10.0. The second-order valence-electron chi connectivity index (χ2n) is 4.37. The third-order valence-corrected chi connectivity index (χ3v) is 4.26. The third kappa shape index (κ3) is 3.56. The molecule has 1 N–H and O–H groups in total. The zero-order valence-corrected chi connectivity index (χ0v) is 13.8. The van der Waals surface area contributed by atoms with Gasteiger partial charge in [0, 0.05) is 14.5 Å². The van der Waals surface area contributed by atoms with E-state index in [1.165, 1.54) is 9.13 Å². The first-order valence-corrected chi connectivity index (χ1v) is 7.62. The number of aliphatic hydroxyl groups excluding tert-OH is 1. The van der Waals surface area contributed by atoms with Crippen LogP contribution in [0.2, 0.25) is 0 Å². The van der Waals surface area contributed by atoms with Crippen molar-refractivity contribution in [1.82, 2.24) is 0 Å². The summed E-state index contributed by atoms with van der Waals surface area (Å²) in [7, 11) is 0. The molecule has 0 saturated heterocycles. The molecule has 1 unspecified atom stereocenters. The van der Waals surface area contributed by atoms with Crippen LogP contribution in [0.4, 0.5) is 0 Å². The lowest BCUT2D eigenvalue weighted by Crippen LogP contribution is -2.03. The number of hydrogen-bond donors (Lipinski definition) is 1. The molecule has 0 aliphatic rings. The first kappa shape index (κ1) is 14.0. The number of aryl methyl sites for hydroxylation is 1. The average molecular weight is 417 g/mol. The summed E-state index contributed by atoms with van der Waals surface area (Å²) in [5.74, 6) is 0. The third-order valence-electron chi connectivity index (χ3n) is 2.86. The Hall–Kier alpha value is -0.390. The SMILES string of the molecule is Cc1ccc(C(O)Cc2ccc(I)cc2)c(Br)c1. The van der Waals surface area contributed by atoms with E-state index in [0.717, 1.165) is 15.6 Å². The van der Waals surface area contributed by atoms with Gasteiger partial charge in [-0.3, -0.25) is 0 Å². The topological polar surface area (TPSA) is 20.2 Å². The van der Waals surface area contributed by atoms with E-state index in [2.05, 4.69) is 62.8 Å². The molecule has 0 heterocycles. The number of hydrogen-bond acceptors (Lipinski definition) is 1. The van der Waals surface area contributed by atoms with Gasteiger partial charge in [0.1, 0.15) is 0 Å². The molecule has 1 nitrogen and oxygen atoms in total. The van der Waals surface area contributed by atoms with Crippen LogP contribution in [0, 0.1) is 10.5 Å². The predicted molar refractivity (Wildman–Crippen MR) is 86.7 cm³/mol. The van der Waals surface area contributed by atoms with Gasteiger partial charge < -0.3 is 5.11 Å². The normalized spacial score (nSPS) is 12.4. The Bertz CT molecular complexity index is 537. The van der Waals surface area contributed by atoms with Crippen molar-refractivity contribution in [3.8, 4) is 0 Å². The maximum Gasteiger partial charge on any atom is 0.0841 e. The molecule has 2 aromatic rings. The van der Waals surface area contributed by atoms with Gasteiger partial charge in [-0.25, -0.2) is 0 Å². The van der Waals surface area contributed by atoms with E-state index in [0.29, 0.717) is 6.42 Å². The maximum atomic E-state index is 10.3. The molecule has 0 bridgehead atoms. The molecular weight excluding hydrogens is 403 g/mol. The first-order valence-electron chi connectivity index (χ1n) is 5.75. The fourth-order valence-electron chi connectivity index (χ4n) is 1.86. The van der Waals surface area contributed by atoms with Crippen LogP contribution < -0.4 is 0 Å². The molecule has 2 rings (SSSR count). The van der Waals surface area contributed by atoms with E-state index in [4.69, 9.17) is 0 Å². The average Bonchev–Trinajstić information content (AvgIpc) is 2.32. The highest BCUT2D eigenvalue weighted by molar-refractivity contribution is 14.1. The highest BCUT2D eigenvalue weighted by Crippen LogP contribution is 2.27. The highest BCUT2D eigenvalue weighted by Gasteiger charge is 2.12. The fourth-order valence-corrected chi connectivity index (χ4v) is 2.97. The highest BCUT2D eigenvalue weighted by atomic mass is 127. The Labute approximate surface area is 130 Å². The van der Waals surface area contributed by atoms with Crippen LogP contribution in [-0.2, 0) is 6.42 Å². The van der Waals surface area contributed by atoms with Crippen molar-refractivity contribution in [1.29, 1.82) is 0 Å². The molecule has 1 atom stereocenters. The summed E-state index contributed by atoms with van der Waals surface area (Å²) in [5.41, 5.74) is 3.28. The monoisotopic (exact) mass is 416 g/mol. The molecular formula is C15H14BrIO. The Kier molecular flexibility index (Phi) is 4.81. The summed E-state index contributed by atoms with van der Waals surface area (Å²) in [4.78, 5) is 0. The van der Waals surface area contributed by atoms with E-state index in [1.54, 1.807) is 0 Å². The Balaban J connectivity index is 2.16. The summed E-state index contributed by atoms with van der Waals surface area (Å²) in [6, 6.07) is 14.3. The van der Waals surface area contributed by atoms with Gasteiger partial charge in [-0.15, -0.1) is 0 Å². The van der Waals surface area contributed by atoms with Crippen molar-refractivity contribution in [3.63, 3.8) is 0 Å². The lowest BCUT2D eigenvalue weighted by molar-refractivity contribution is 0.177. The summed E-state index contributed by atoms with van der Waals surface area (Å²) in [6.07, 6.45) is 0.165. The Morgan fingerprint density at radius 1 is 1.17 bits per heavy atom. The van der Waals surface area contributed by atoms with Gasteiger partial charge in [-0.1, -0.05) is 40.2 Å². The van der Waals surface area contributed by atoms with Gasteiger partial charge >= 0.3 is 0 Å². The van der Waals surface area contributed by atoms with Gasteiger partial charge in [0.25, 0.3) is 0 Å². The fraction of sp³-hybridized carbons (Fsp3) is 0.200. The zero-order valence-electron chi connectivity index (χ0n) is 10.0. The van der Waals surface area contributed by atoms with Crippen molar-refractivity contribution < 1.29 is 5.11 Å². The number of rotatable bonds is 3. The van der Waals surface area contributed by atoms with Gasteiger partial charge in [0.15, 0.2) is 0 Å². The minimum atomic E-state index is -0.472. The molecule has 0 amide bonds. The van der Waals surface area contributed by atoms with Crippen LogP contribution >= 0.6 is 38.5 Å². The van der Waals surface area contributed by atoms with Gasteiger partial charge in [0.2, 0.25) is 0 Å². The number of benzene rings is 2. The van der Waals surface area contributed by atoms with Gasteiger partial charge in [-0.2, -0.15) is 0 Å². The van der Waals surface area contributed by atoms with Crippen LogP contribution in [0.1, 0.15) is 22.8 Å². The molecule has 3 heteroatoms. The van der Waals surface area contributed by atoms with Gasteiger partial charge in [0.05, 0.1) is 6.10 Å². The quantitative estimate of drug-likeness (QED) is 0.722. The first-order chi connectivity index (χ1) is 8.56. The number of aliphatic hydroxyl groups is 1. The molecule has 2 aromatic carbocycles. The lowest BCUT2D eigenvalue weighted by Gasteiger charge is -2.13.